The quantitative estimate of drug-likeness (QED) is 0.353. The van der Waals surface area contributed by atoms with Crippen LogP contribution in [0.25, 0.3) is 0 Å². The van der Waals surface area contributed by atoms with Gasteiger partial charge in [0.1, 0.15) is 6.61 Å². The lowest BCUT2D eigenvalue weighted by Gasteiger charge is -2.18. The second-order valence-corrected chi connectivity index (χ2v) is 6.07. The molecule has 2 rings (SSSR count). The van der Waals surface area contributed by atoms with E-state index in [0.29, 0.717) is 30.5 Å². The summed E-state index contributed by atoms with van der Waals surface area (Å²) in [4.78, 5) is 4.24. The van der Waals surface area contributed by atoms with Crippen molar-refractivity contribution in [2.75, 3.05) is 33.9 Å². The van der Waals surface area contributed by atoms with Crippen molar-refractivity contribution >= 4 is 5.96 Å². The van der Waals surface area contributed by atoms with Crippen molar-refractivity contribution in [3.63, 3.8) is 0 Å². The van der Waals surface area contributed by atoms with Crippen LogP contribution in [0.2, 0.25) is 0 Å². The van der Waals surface area contributed by atoms with E-state index in [1.54, 1.807) is 14.2 Å². The molecule has 0 fully saturated rings. The third-order valence-electron chi connectivity index (χ3n) is 4.23. The Labute approximate surface area is 166 Å². The van der Waals surface area contributed by atoms with Gasteiger partial charge in [-0.3, -0.25) is 4.99 Å². The molecule has 1 unspecified atom stereocenters. The first-order valence-corrected chi connectivity index (χ1v) is 9.05. The molecule has 0 aliphatic heterocycles. The van der Waals surface area contributed by atoms with Crippen molar-refractivity contribution in [2.45, 2.75) is 12.5 Å². The lowest BCUT2D eigenvalue weighted by Crippen LogP contribution is -2.39. The average Bonchev–Trinajstić information content (AvgIpc) is 2.75. The van der Waals surface area contributed by atoms with Gasteiger partial charge in [0, 0.05) is 26.1 Å². The van der Waals surface area contributed by atoms with Gasteiger partial charge in [-0.1, -0.05) is 42.3 Å². The van der Waals surface area contributed by atoms with E-state index in [1.807, 2.05) is 48.5 Å². The highest BCUT2D eigenvalue weighted by Crippen LogP contribution is 2.27. The number of benzene rings is 2. The van der Waals surface area contributed by atoms with Gasteiger partial charge in [0.25, 0.3) is 0 Å². The molecule has 6 nitrogen and oxygen atoms in total. The third kappa shape index (κ3) is 6.22. The molecule has 0 heterocycles. The van der Waals surface area contributed by atoms with Crippen LogP contribution in [0.15, 0.2) is 53.5 Å². The number of rotatable bonds is 9. The van der Waals surface area contributed by atoms with Crippen LogP contribution in [0.3, 0.4) is 0 Å². The fourth-order valence-corrected chi connectivity index (χ4v) is 2.70. The number of guanidine groups is 1. The van der Waals surface area contributed by atoms with Gasteiger partial charge in [-0.15, -0.1) is 6.42 Å². The molecule has 0 aliphatic rings. The first-order valence-electron chi connectivity index (χ1n) is 9.05. The van der Waals surface area contributed by atoms with Gasteiger partial charge in [-0.2, -0.15) is 0 Å². The molecule has 0 aromatic heterocycles. The molecule has 0 saturated heterocycles. The number of methoxy groups -OCH3 is 1. The molecule has 148 valence electrons. The minimum Gasteiger partial charge on any atom is -0.493 e. The zero-order valence-electron chi connectivity index (χ0n) is 16.3. The number of hydrogen-bond acceptors (Lipinski definition) is 4. The zero-order valence-corrected chi connectivity index (χ0v) is 16.3. The molecule has 2 aromatic carbocycles. The summed E-state index contributed by atoms with van der Waals surface area (Å²) in [6, 6.07) is 15.6. The summed E-state index contributed by atoms with van der Waals surface area (Å²) in [6.45, 7) is 1.35. The number of hydrogen-bond donors (Lipinski definition) is 3. The van der Waals surface area contributed by atoms with Crippen molar-refractivity contribution in [2.24, 2.45) is 4.99 Å². The molecular weight excluding hydrogens is 354 g/mol. The van der Waals surface area contributed by atoms with E-state index in [9.17, 15) is 5.11 Å². The lowest BCUT2D eigenvalue weighted by molar-refractivity contribution is 0.265. The molecule has 1 atom stereocenters. The molecule has 28 heavy (non-hydrogen) atoms. The molecule has 3 N–H and O–H groups in total. The van der Waals surface area contributed by atoms with Crippen molar-refractivity contribution in [1.82, 2.24) is 10.6 Å². The fourth-order valence-electron chi connectivity index (χ4n) is 2.70. The highest BCUT2D eigenvalue weighted by molar-refractivity contribution is 5.79. The predicted octanol–water partition coefficient (Wildman–Crippen LogP) is 2.15. The van der Waals surface area contributed by atoms with E-state index in [1.165, 1.54) is 0 Å². The SMILES string of the molecule is C#CCOc1cc(CNC(=NC)NCC(CO)c2ccccc2)ccc1OC. The molecule has 0 aliphatic carbocycles. The van der Waals surface area contributed by atoms with Gasteiger partial charge in [0.2, 0.25) is 0 Å². The Hall–Kier alpha value is -3.17. The molecule has 0 amide bonds. The summed E-state index contributed by atoms with van der Waals surface area (Å²) >= 11 is 0. The number of ether oxygens (including phenoxy) is 2. The monoisotopic (exact) mass is 381 g/mol. The number of aliphatic hydroxyl groups excluding tert-OH is 1. The second-order valence-electron chi connectivity index (χ2n) is 6.07. The Balaban J connectivity index is 1.94. The molecule has 0 saturated carbocycles. The van der Waals surface area contributed by atoms with E-state index in [4.69, 9.17) is 15.9 Å². The van der Waals surface area contributed by atoms with Crippen LogP contribution in [0, 0.1) is 12.3 Å². The number of terminal acetylenes is 1. The highest BCUT2D eigenvalue weighted by atomic mass is 16.5. The topological polar surface area (TPSA) is 75.1 Å². The average molecular weight is 381 g/mol. The van der Waals surface area contributed by atoms with Crippen LogP contribution < -0.4 is 20.1 Å². The summed E-state index contributed by atoms with van der Waals surface area (Å²) in [5, 5.41) is 16.2. The van der Waals surface area contributed by atoms with Crippen molar-refractivity contribution in [3.8, 4) is 23.8 Å². The Bertz CT molecular complexity index is 800. The van der Waals surface area contributed by atoms with Crippen LogP contribution in [0.1, 0.15) is 17.0 Å². The van der Waals surface area contributed by atoms with Crippen molar-refractivity contribution < 1.29 is 14.6 Å². The Morgan fingerprint density at radius 1 is 1.18 bits per heavy atom. The molecule has 0 spiro atoms. The Morgan fingerprint density at radius 2 is 1.96 bits per heavy atom. The summed E-state index contributed by atoms with van der Waals surface area (Å²) < 4.78 is 10.8. The maximum atomic E-state index is 9.68. The molecular formula is C22H27N3O3. The standard InChI is InChI=1S/C22H27N3O3/c1-4-12-28-21-13-17(10-11-20(21)27-3)14-24-22(23-2)25-15-19(16-26)18-8-6-5-7-9-18/h1,5-11,13,19,26H,12,14-16H2,2-3H3,(H2,23,24,25). The number of aliphatic hydroxyl groups is 1. The molecule has 2 aromatic rings. The van der Waals surface area contributed by atoms with Crippen molar-refractivity contribution in [3.05, 3.63) is 59.7 Å². The minimum absolute atomic E-state index is 0.00972. The number of aliphatic imine (C=N–C) groups is 1. The van der Waals surface area contributed by atoms with E-state index in [-0.39, 0.29) is 19.1 Å². The summed E-state index contributed by atoms with van der Waals surface area (Å²) in [5.74, 6) is 4.33. The summed E-state index contributed by atoms with van der Waals surface area (Å²) in [6.07, 6.45) is 5.26. The van der Waals surface area contributed by atoms with Crippen LogP contribution in [0.4, 0.5) is 0 Å². The van der Waals surface area contributed by atoms with Gasteiger partial charge >= 0.3 is 0 Å². The highest BCUT2D eigenvalue weighted by Gasteiger charge is 2.11. The smallest absolute Gasteiger partial charge is 0.191 e. The largest absolute Gasteiger partial charge is 0.493 e. The normalized spacial score (nSPS) is 12.0. The molecule has 0 bridgehead atoms. The Kier molecular flexibility index (Phi) is 8.70. The van der Waals surface area contributed by atoms with Gasteiger partial charge in [0.05, 0.1) is 13.7 Å². The summed E-state index contributed by atoms with van der Waals surface area (Å²) in [7, 11) is 3.30. The second kappa shape index (κ2) is 11.5. The van der Waals surface area contributed by atoms with Gasteiger partial charge < -0.3 is 25.2 Å². The third-order valence-corrected chi connectivity index (χ3v) is 4.23. The predicted molar refractivity (Wildman–Crippen MR) is 112 cm³/mol. The maximum Gasteiger partial charge on any atom is 0.191 e. The first kappa shape index (κ1) is 21.1. The van der Waals surface area contributed by atoms with Gasteiger partial charge in [0.15, 0.2) is 17.5 Å². The van der Waals surface area contributed by atoms with Gasteiger partial charge in [-0.25, -0.2) is 0 Å². The summed E-state index contributed by atoms with van der Waals surface area (Å²) in [5.41, 5.74) is 2.08. The van der Waals surface area contributed by atoms with Gasteiger partial charge in [-0.05, 0) is 23.3 Å². The van der Waals surface area contributed by atoms with E-state index in [0.717, 1.165) is 11.1 Å². The molecule has 0 radical (unpaired) electrons. The molecule has 6 heteroatoms. The Morgan fingerprint density at radius 3 is 2.61 bits per heavy atom. The first-order chi connectivity index (χ1) is 13.7. The van der Waals surface area contributed by atoms with Crippen LogP contribution >= 0.6 is 0 Å². The van der Waals surface area contributed by atoms with E-state index in [2.05, 4.69) is 21.5 Å². The number of nitrogens with one attached hydrogen (secondary N) is 2. The van der Waals surface area contributed by atoms with Crippen molar-refractivity contribution in [1.29, 1.82) is 0 Å². The minimum atomic E-state index is -0.00972. The number of nitrogens with zero attached hydrogens (tertiary/aromatic N) is 1. The zero-order chi connectivity index (χ0) is 20.2. The van der Waals surface area contributed by atoms with Crippen LogP contribution in [-0.2, 0) is 6.54 Å². The van der Waals surface area contributed by atoms with E-state index < -0.39 is 0 Å². The van der Waals surface area contributed by atoms with Crippen LogP contribution in [-0.4, -0.2) is 45.0 Å². The lowest BCUT2D eigenvalue weighted by atomic mass is 10.0. The van der Waals surface area contributed by atoms with Crippen LogP contribution in [0.5, 0.6) is 11.5 Å². The maximum absolute atomic E-state index is 9.68. The fraction of sp³-hybridized carbons (Fsp3) is 0.318. The van der Waals surface area contributed by atoms with E-state index >= 15 is 0 Å².